The summed E-state index contributed by atoms with van der Waals surface area (Å²) < 4.78 is 0. The van der Waals surface area contributed by atoms with E-state index < -0.39 is 6.04 Å². The van der Waals surface area contributed by atoms with E-state index in [-0.39, 0.29) is 24.8 Å². The predicted molar refractivity (Wildman–Crippen MR) is 119 cm³/mol. The Morgan fingerprint density at radius 1 is 0.966 bits per heavy atom. The largest absolute Gasteiger partial charge is 0.354 e. The number of carbonyl (C=O) groups excluding carboxylic acids is 2. The number of nitrogens with zero attached hydrogens (tertiary/aromatic N) is 1. The third-order valence-corrected chi connectivity index (χ3v) is 5.41. The Labute approximate surface area is 187 Å². The van der Waals surface area contributed by atoms with Crippen molar-refractivity contribution in [3.8, 4) is 0 Å². The maximum absolute atomic E-state index is 13.1. The summed E-state index contributed by atoms with van der Waals surface area (Å²) in [5.74, 6) is -0.0550. The van der Waals surface area contributed by atoms with Gasteiger partial charge in [-0.3, -0.25) is 9.59 Å². The lowest BCUT2D eigenvalue weighted by Crippen LogP contribution is -2.48. The van der Waals surface area contributed by atoms with Crippen molar-refractivity contribution >= 4 is 46.6 Å². The standard InChI is InChI=1S/C22H25Cl3N2O2/c1-14(2)12-26-22(29)15(3)27(13-17-7-8-19(24)20(25)10-17)21(28)11-16-5-4-6-18(23)9-16/h4-10,14-15H,11-13H2,1-3H3,(H,26,29)/t15-/m0/s1. The van der Waals surface area contributed by atoms with E-state index in [1.54, 1.807) is 48.2 Å². The minimum atomic E-state index is -0.644. The smallest absolute Gasteiger partial charge is 0.242 e. The molecule has 0 aromatic heterocycles. The summed E-state index contributed by atoms with van der Waals surface area (Å²) in [6.07, 6.45) is 0.143. The second kappa shape index (κ2) is 10.9. The first-order valence-electron chi connectivity index (χ1n) is 9.43. The number of halogens is 3. The molecule has 1 atom stereocenters. The van der Waals surface area contributed by atoms with Crippen LogP contribution in [0.1, 0.15) is 31.9 Å². The molecule has 0 heterocycles. The number of rotatable bonds is 8. The molecule has 0 radical (unpaired) electrons. The molecule has 0 aliphatic rings. The minimum Gasteiger partial charge on any atom is -0.354 e. The molecular weight excluding hydrogens is 431 g/mol. The first kappa shape index (κ1) is 23.5. The molecule has 2 aromatic carbocycles. The molecule has 156 valence electrons. The third kappa shape index (κ3) is 7.22. The lowest BCUT2D eigenvalue weighted by atomic mass is 10.1. The van der Waals surface area contributed by atoms with E-state index in [9.17, 15) is 9.59 Å². The van der Waals surface area contributed by atoms with Gasteiger partial charge in [-0.1, -0.05) is 66.8 Å². The molecule has 0 spiro atoms. The van der Waals surface area contributed by atoms with Crippen LogP contribution in [0.25, 0.3) is 0 Å². The number of benzene rings is 2. The zero-order chi connectivity index (χ0) is 21.6. The van der Waals surface area contributed by atoms with E-state index in [1.165, 1.54) is 0 Å². The molecule has 7 heteroatoms. The van der Waals surface area contributed by atoms with Crippen molar-refractivity contribution in [1.29, 1.82) is 0 Å². The second-order valence-electron chi connectivity index (χ2n) is 7.39. The Morgan fingerprint density at radius 2 is 1.69 bits per heavy atom. The summed E-state index contributed by atoms with van der Waals surface area (Å²) >= 11 is 18.2. The zero-order valence-electron chi connectivity index (χ0n) is 16.7. The lowest BCUT2D eigenvalue weighted by molar-refractivity contribution is -0.140. The van der Waals surface area contributed by atoms with Crippen LogP contribution in [0.4, 0.5) is 0 Å². The minimum absolute atomic E-state index is 0.143. The summed E-state index contributed by atoms with van der Waals surface area (Å²) in [5, 5.41) is 4.30. The molecule has 1 N–H and O–H groups in total. The van der Waals surface area contributed by atoms with Crippen molar-refractivity contribution in [3.05, 3.63) is 68.7 Å². The lowest BCUT2D eigenvalue weighted by Gasteiger charge is -2.29. The van der Waals surface area contributed by atoms with Crippen LogP contribution in [-0.4, -0.2) is 29.3 Å². The first-order chi connectivity index (χ1) is 13.7. The highest BCUT2D eigenvalue weighted by Crippen LogP contribution is 2.24. The van der Waals surface area contributed by atoms with Crippen LogP contribution in [0.2, 0.25) is 15.1 Å². The SMILES string of the molecule is CC(C)CNC(=O)[C@H](C)N(Cc1ccc(Cl)c(Cl)c1)C(=O)Cc1cccc(Cl)c1. The number of hydrogen-bond acceptors (Lipinski definition) is 2. The predicted octanol–water partition coefficient (Wildman–Crippen LogP) is 5.38. The molecule has 0 unspecified atom stereocenters. The van der Waals surface area contributed by atoms with Crippen LogP contribution in [0, 0.1) is 5.92 Å². The van der Waals surface area contributed by atoms with Gasteiger partial charge in [0.25, 0.3) is 0 Å². The molecule has 0 fully saturated rings. The van der Waals surface area contributed by atoms with E-state index in [0.29, 0.717) is 27.5 Å². The van der Waals surface area contributed by atoms with Gasteiger partial charge in [0.2, 0.25) is 11.8 Å². The highest BCUT2D eigenvalue weighted by molar-refractivity contribution is 6.42. The molecule has 2 aromatic rings. The number of hydrogen-bond donors (Lipinski definition) is 1. The van der Waals surface area contributed by atoms with E-state index in [4.69, 9.17) is 34.8 Å². The molecular formula is C22H25Cl3N2O2. The summed E-state index contributed by atoms with van der Waals surface area (Å²) in [6.45, 7) is 6.55. The molecule has 2 amide bonds. The Hall–Kier alpha value is -1.75. The van der Waals surface area contributed by atoms with Crippen LogP contribution in [0.3, 0.4) is 0 Å². The van der Waals surface area contributed by atoms with E-state index in [2.05, 4.69) is 5.32 Å². The quantitative estimate of drug-likeness (QED) is 0.581. The average molecular weight is 456 g/mol. The van der Waals surface area contributed by atoms with Gasteiger partial charge in [-0.25, -0.2) is 0 Å². The molecule has 4 nitrogen and oxygen atoms in total. The van der Waals surface area contributed by atoms with Gasteiger partial charge in [-0.05, 0) is 48.2 Å². The van der Waals surface area contributed by atoms with Crippen LogP contribution in [0.15, 0.2) is 42.5 Å². The fourth-order valence-electron chi connectivity index (χ4n) is 2.79. The molecule has 0 aliphatic carbocycles. The van der Waals surface area contributed by atoms with Crippen molar-refractivity contribution < 1.29 is 9.59 Å². The van der Waals surface area contributed by atoms with E-state index in [1.807, 2.05) is 19.9 Å². The van der Waals surface area contributed by atoms with Gasteiger partial charge in [-0.2, -0.15) is 0 Å². The summed E-state index contributed by atoms with van der Waals surface area (Å²) in [7, 11) is 0. The molecule has 29 heavy (non-hydrogen) atoms. The Morgan fingerprint density at radius 3 is 2.31 bits per heavy atom. The van der Waals surface area contributed by atoms with Crippen molar-refractivity contribution in [3.63, 3.8) is 0 Å². The summed E-state index contributed by atoms with van der Waals surface area (Å²) in [6, 6.07) is 11.7. The molecule has 0 bridgehead atoms. The number of amides is 2. The fourth-order valence-corrected chi connectivity index (χ4v) is 3.33. The van der Waals surface area contributed by atoms with Crippen molar-refractivity contribution in [2.24, 2.45) is 5.92 Å². The maximum Gasteiger partial charge on any atom is 0.242 e. The second-order valence-corrected chi connectivity index (χ2v) is 8.64. The van der Waals surface area contributed by atoms with Gasteiger partial charge >= 0.3 is 0 Å². The normalized spacial score (nSPS) is 12.0. The molecule has 0 saturated heterocycles. The Bertz CT molecular complexity index is 871. The van der Waals surface area contributed by atoms with Crippen molar-refractivity contribution in [1.82, 2.24) is 10.2 Å². The third-order valence-electron chi connectivity index (χ3n) is 4.43. The highest BCUT2D eigenvalue weighted by Gasteiger charge is 2.26. The first-order valence-corrected chi connectivity index (χ1v) is 10.6. The van der Waals surface area contributed by atoms with Crippen LogP contribution < -0.4 is 5.32 Å². The molecule has 0 aliphatic heterocycles. The number of carbonyl (C=O) groups is 2. The fraction of sp³-hybridized carbons (Fsp3) is 0.364. The zero-order valence-corrected chi connectivity index (χ0v) is 19.0. The van der Waals surface area contributed by atoms with Crippen LogP contribution >= 0.6 is 34.8 Å². The topological polar surface area (TPSA) is 49.4 Å². The molecule has 2 rings (SSSR count). The van der Waals surface area contributed by atoms with E-state index >= 15 is 0 Å². The van der Waals surface area contributed by atoms with Gasteiger partial charge in [-0.15, -0.1) is 0 Å². The van der Waals surface area contributed by atoms with Gasteiger partial charge in [0.05, 0.1) is 16.5 Å². The number of nitrogens with one attached hydrogen (secondary N) is 1. The highest BCUT2D eigenvalue weighted by atomic mass is 35.5. The van der Waals surface area contributed by atoms with Gasteiger partial charge < -0.3 is 10.2 Å². The van der Waals surface area contributed by atoms with Crippen LogP contribution in [0.5, 0.6) is 0 Å². The van der Waals surface area contributed by atoms with Gasteiger partial charge in [0.1, 0.15) is 6.04 Å². The average Bonchev–Trinajstić information content (AvgIpc) is 2.66. The van der Waals surface area contributed by atoms with Crippen molar-refractivity contribution in [2.45, 2.75) is 39.8 Å². The van der Waals surface area contributed by atoms with Gasteiger partial charge in [0.15, 0.2) is 0 Å². The van der Waals surface area contributed by atoms with Crippen LogP contribution in [-0.2, 0) is 22.6 Å². The summed E-state index contributed by atoms with van der Waals surface area (Å²) in [4.78, 5) is 27.3. The monoisotopic (exact) mass is 454 g/mol. The Kier molecular flexibility index (Phi) is 8.81. The molecule has 0 saturated carbocycles. The van der Waals surface area contributed by atoms with E-state index in [0.717, 1.165) is 11.1 Å². The summed E-state index contributed by atoms with van der Waals surface area (Å²) in [5.41, 5.74) is 1.58. The van der Waals surface area contributed by atoms with Crippen molar-refractivity contribution in [2.75, 3.05) is 6.54 Å². The maximum atomic E-state index is 13.1. The Balaban J connectivity index is 2.24. The van der Waals surface area contributed by atoms with Gasteiger partial charge in [0, 0.05) is 18.1 Å².